The molecule has 0 saturated carbocycles. The van der Waals surface area contributed by atoms with Gasteiger partial charge in [-0.15, -0.1) is 16.6 Å². The van der Waals surface area contributed by atoms with E-state index in [4.69, 9.17) is 6.42 Å². The highest BCUT2D eigenvalue weighted by atomic mass is 32.2. The number of carboxylic acid groups (broad SMARTS) is 1. The monoisotopic (exact) mass is 592 g/mol. The fourth-order valence-electron chi connectivity index (χ4n) is 4.49. The quantitative estimate of drug-likeness (QED) is 0.103. The second kappa shape index (κ2) is 13.7. The topological polar surface area (TPSA) is 170 Å². The minimum absolute atomic E-state index is 0.0540. The van der Waals surface area contributed by atoms with Crippen LogP contribution in [0, 0.1) is 32.0 Å². The lowest BCUT2D eigenvalue weighted by Gasteiger charge is -2.27. The molecule has 12 nitrogen and oxygen atoms in total. The van der Waals surface area contributed by atoms with Gasteiger partial charge in [-0.2, -0.15) is 5.21 Å². The summed E-state index contributed by atoms with van der Waals surface area (Å²) in [7, 11) is 0. The van der Waals surface area contributed by atoms with Crippen molar-refractivity contribution in [3.05, 3.63) is 69.0 Å². The highest BCUT2D eigenvalue weighted by Crippen LogP contribution is 2.28. The number of nitrogens with zero attached hydrogens (tertiary/aromatic N) is 5. The summed E-state index contributed by atoms with van der Waals surface area (Å²) in [4.78, 5) is 46.4. The molecule has 0 spiro atoms. The molecule has 0 bridgehead atoms. The number of anilines is 1. The van der Waals surface area contributed by atoms with E-state index in [0.717, 1.165) is 5.56 Å². The van der Waals surface area contributed by atoms with Gasteiger partial charge in [-0.3, -0.25) is 9.59 Å². The van der Waals surface area contributed by atoms with Crippen molar-refractivity contribution in [2.75, 3.05) is 17.2 Å². The number of H-pyrrole nitrogens is 2. The molecule has 0 radical (unpaired) electrons. The number of aryl methyl sites for hydroxylation is 2. The molecule has 0 aliphatic rings. The molecule has 42 heavy (non-hydrogen) atoms. The number of tetrazole rings is 1. The van der Waals surface area contributed by atoms with Crippen LogP contribution in [-0.2, 0) is 11.3 Å². The van der Waals surface area contributed by atoms with E-state index in [1.54, 1.807) is 19.1 Å². The van der Waals surface area contributed by atoms with Crippen molar-refractivity contribution in [2.45, 2.75) is 50.9 Å². The number of thioether (sulfide) groups is 1. The summed E-state index contributed by atoms with van der Waals surface area (Å²) < 4.78 is 15.4. The Bertz CT molecular complexity index is 1690. The van der Waals surface area contributed by atoms with Crippen molar-refractivity contribution in [1.82, 2.24) is 35.9 Å². The highest BCUT2D eigenvalue weighted by molar-refractivity contribution is 7.99. The van der Waals surface area contributed by atoms with Gasteiger partial charge in [-0.1, -0.05) is 23.7 Å². The Morgan fingerprint density at radius 2 is 2.07 bits per heavy atom. The number of rotatable bonds is 13. The third kappa shape index (κ3) is 7.29. The van der Waals surface area contributed by atoms with Crippen molar-refractivity contribution < 1.29 is 19.1 Å². The number of hydrogen-bond acceptors (Lipinski definition) is 9. The lowest BCUT2D eigenvalue weighted by Crippen LogP contribution is -2.41. The van der Waals surface area contributed by atoms with E-state index in [2.05, 4.69) is 41.8 Å². The predicted octanol–water partition coefficient (Wildman–Crippen LogP) is 2.98. The van der Waals surface area contributed by atoms with Crippen LogP contribution in [0.15, 0.2) is 40.3 Å². The fraction of sp³-hybridized carbons (Fsp3) is 0.321. The number of aromatic amines is 2. The predicted molar refractivity (Wildman–Crippen MR) is 156 cm³/mol. The molecule has 14 heteroatoms. The number of aromatic nitrogens is 6. The van der Waals surface area contributed by atoms with Crippen LogP contribution < -0.4 is 15.8 Å². The Labute approximate surface area is 244 Å². The molecule has 2 heterocycles. The van der Waals surface area contributed by atoms with Gasteiger partial charge in [0.05, 0.1) is 28.7 Å². The first-order valence-corrected chi connectivity index (χ1v) is 14.0. The van der Waals surface area contributed by atoms with E-state index in [0.29, 0.717) is 46.0 Å². The number of carboxylic acids is 1. The standard InChI is InChI=1S/C28H29FN8O4S/c1-4-11-37(15-18-14-20-23(13-16(18)2)30-17(3)31-26(20)39)24-19(8-7-9-21(24)29)25(38)32-22(27(40)41)10-5-6-12-42-28-33-35-36-34-28/h1,7-9,13-14,22H,5-6,10-12,15H2,2-3H3,(H,32,38)(H,40,41)(H,30,31,39)(H,33,34,35,36). The molecular weight excluding hydrogens is 563 g/mol. The number of unbranched alkanes of at least 4 members (excludes halogenated alkanes) is 1. The van der Waals surface area contributed by atoms with Gasteiger partial charge in [0.2, 0.25) is 5.16 Å². The second-order valence-electron chi connectivity index (χ2n) is 9.55. The first-order valence-electron chi connectivity index (χ1n) is 13.0. The molecule has 2 aromatic heterocycles. The zero-order valence-corrected chi connectivity index (χ0v) is 23.8. The summed E-state index contributed by atoms with van der Waals surface area (Å²) in [5.41, 5.74) is 1.58. The minimum Gasteiger partial charge on any atom is -0.480 e. The van der Waals surface area contributed by atoms with Crippen molar-refractivity contribution in [1.29, 1.82) is 0 Å². The molecule has 0 aliphatic carbocycles. The molecule has 2 aromatic carbocycles. The van der Waals surface area contributed by atoms with E-state index in [1.165, 1.54) is 34.9 Å². The average Bonchev–Trinajstić information content (AvgIpc) is 3.46. The van der Waals surface area contributed by atoms with Crippen LogP contribution in [0.25, 0.3) is 10.9 Å². The van der Waals surface area contributed by atoms with Gasteiger partial charge in [0, 0.05) is 12.3 Å². The van der Waals surface area contributed by atoms with Gasteiger partial charge < -0.3 is 20.3 Å². The number of terminal acetylenes is 1. The molecule has 1 amide bonds. The van der Waals surface area contributed by atoms with Crippen molar-refractivity contribution in [3.8, 4) is 12.3 Å². The number of halogens is 1. The van der Waals surface area contributed by atoms with Crippen LogP contribution >= 0.6 is 11.8 Å². The third-order valence-corrected chi connectivity index (χ3v) is 7.44. The van der Waals surface area contributed by atoms with E-state index < -0.39 is 23.7 Å². The zero-order valence-electron chi connectivity index (χ0n) is 23.0. The molecule has 1 atom stereocenters. The Hall–Kier alpha value is -4.77. The zero-order chi connectivity index (χ0) is 30.2. The van der Waals surface area contributed by atoms with Gasteiger partial charge in [-0.05, 0) is 73.7 Å². The van der Waals surface area contributed by atoms with Crippen molar-refractivity contribution in [3.63, 3.8) is 0 Å². The maximum absolute atomic E-state index is 15.4. The SMILES string of the molecule is C#CCN(Cc1cc2c(=O)[nH]c(C)nc2cc1C)c1c(F)cccc1C(=O)NC(CCCCSc1nn[nH]n1)C(=O)O. The molecule has 4 rings (SSSR count). The van der Waals surface area contributed by atoms with Crippen molar-refractivity contribution in [2.24, 2.45) is 0 Å². The van der Waals surface area contributed by atoms with E-state index in [-0.39, 0.29) is 36.3 Å². The number of para-hydroxylation sites is 1. The van der Waals surface area contributed by atoms with Gasteiger partial charge in [0.1, 0.15) is 17.7 Å². The summed E-state index contributed by atoms with van der Waals surface area (Å²) in [5.74, 6) is 0.987. The minimum atomic E-state index is -1.20. The number of amides is 1. The highest BCUT2D eigenvalue weighted by Gasteiger charge is 2.25. The van der Waals surface area contributed by atoms with Crippen LogP contribution in [0.2, 0.25) is 0 Å². The van der Waals surface area contributed by atoms with E-state index in [1.807, 2.05) is 6.92 Å². The third-order valence-electron chi connectivity index (χ3n) is 6.52. The lowest BCUT2D eigenvalue weighted by atomic mass is 10.0. The molecule has 218 valence electrons. The Morgan fingerprint density at radius 1 is 1.26 bits per heavy atom. The molecule has 0 aliphatic heterocycles. The second-order valence-corrected chi connectivity index (χ2v) is 10.6. The van der Waals surface area contributed by atoms with E-state index in [9.17, 15) is 19.5 Å². The van der Waals surface area contributed by atoms with Crippen LogP contribution in [0.4, 0.5) is 10.1 Å². The van der Waals surface area contributed by atoms with Gasteiger partial charge in [-0.25, -0.2) is 14.2 Å². The van der Waals surface area contributed by atoms with Gasteiger partial charge in [0.15, 0.2) is 0 Å². The summed E-state index contributed by atoms with van der Waals surface area (Å²) in [6.45, 7) is 3.56. The molecule has 4 N–H and O–H groups in total. The van der Waals surface area contributed by atoms with E-state index >= 15 is 4.39 Å². The number of fused-ring (bicyclic) bond motifs is 1. The number of carbonyl (C=O) groups excluding carboxylic acids is 1. The summed E-state index contributed by atoms with van der Waals surface area (Å²) >= 11 is 1.38. The molecular formula is C28H29FN8O4S. The van der Waals surface area contributed by atoms with Crippen LogP contribution in [-0.4, -0.2) is 65.9 Å². The largest absolute Gasteiger partial charge is 0.480 e. The Morgan fingerprint density at radius 3 is 2.79 bits per heavy atom. The Balaban J connectivity index is 1.54. The summed E-state index contributed by atoms with van der Waals surface area (Å²) in [6, 6.07) is 6.27. The number of benzene rings is 2. The van der Waals surface area contributed by atoms with Crippen LogP contribution in [0.5, 0.6) is 0 Å². The maximum Gasteiger partial charge on any atom is 0.326 e. The molecule has 4 aromatic rings. The van der Waals surface area contributed by atoms with Crippen molar-refractivity contribution >= 4 is 40.2 Å². The van der Waals surface area contributed by atoms with Crippen LogP contribution in [0.1, 0.15) is 46.6 Å². The molecule has 0 fully saturated rings. The summed E-state index contributed by atoms with van der Waals surface area (Å²) in [5, 5.41) is 26.7. The molecule has 1 unspecified atom stereocenters. The molecule has 0 saturated heterocycles. The number of aliphatic carboxylic acids is 1. The number of carbonyl (C=O) groups is 2. The average molecular weight is 593 g/mol. The van der Waals surface area contributed by atoms with Crippen LogP contribution in [0.3, 0.4) is 0 Å². The number of hydrogen-bond donors (Lipinski definition) is 4. The Kier molecular flexibility index (Phi) is 9.87. The normalized spacial score (nSPS) is 11.7. The van der Waals surface area contributed by atoms with Gasteiger partial charge >= 0.3 is 5.97 Å². The first kappa shape index (κ1) is 30.2. The van der Waals surface area contributed by atoms with Gasteiger partial charge in [0.25, 0.3) is 11.5 Å². The summed E-state index contributed by atoms with van der Waals surface area (Å²) in [6.07, 6.45) is 6.96. The maximum atomic E-state index is 15.4. The smallest absolute Gasteiger partial charge is 0.326 e. The fourth-order valence-corrected chi connectivity index (χ4v) is 5.23. The number of nitrogens with one attached hydrogen (secondary N) is 3. The lowest BCUT2D eigenvalue weighted by molar-refractivity contribution is -0.139. The first-order chi connectivity index (χ1) is 20.2.